The summed E-state index contributed by atoms with van der Waals surface area (Å²) in [6.45, 7) is 4.67. The zero-order valence-electron chi connectivity index (χ0n) is 15.4. The zero-order valence-corrected chi connectivity index (χ0v) is 15.4. The van der Waals surface area contributed by atoms with Crippen molar-refractivity contribution in [3.8, 4) is 0 Å². The van der Waals surface area contributed by atoms with E-state index < -0.39 is 0 Å². The predicted octanol–water partition coefficient (Wildman–Crippen LogP) is 2.42. The number of amides is 1. The predicted molar refractivity (Wildman–Crippen MR) is 96.5 cm³/mol. The van der Waals surface area contributed by atoms with Gasteiger partial charge >= 0.3 is 0 Å². The van der Waals surface area contributed by atoms with Gasteiger partial charge in [0.1, 0.15) is 5.54 Å². The average molecular weight is 354 g/mol. The van der Waals surface area contributed by atoms with Crippen LogP contribution in [0.5, 0.6) is 0 Å². The minimum absolute atomic E-state index is 0.175. The number of carbonyl (C=O) groups is 2. The number of nitrogens with one attached hydrogen (secondary N) is 1. The molecule has 25 heavy (non-hydrogen) atoms. The maximum absolute atomic E-state index is 12.9. The monoisotopic (exact) mass is 354 g/mol. The standard InChI is InChI=1S/C18H32N2O2.CH2O2/c21-17(19-11-6-7-16-8-14-22-15-16)18(9-2-1-3-10-18)20-12-4-5-13-20;2-1-3/h16H,1-15H2,(H,19,21);1H,(H,2,3). The molecule has 1 unspecified atom stereocenters. The third-order valence-corrected chi connectivity index (χ3v) is 5.91. The van der Waals surface area contributed by atoms with Gasteiger partial charge in [-0.15, -0.1) is 0 Å². The lowest BCUT2D eigenvalue weighted by atomic mass is 9.79. The second kappa shape index (κ2) is 10.8. The largest absolute Gasteiger partial charge is 0.483 e. The Bertz CT molecular complexity index is 398. The summed E-state index contributed by atoms with van der Waals surface area (Å²) in [5.41, 5.74) is -0.175. The third-order valence-electron chi connectivity index (χ3n) is 5.91. The highest BCUT2D eigenvalue weighted by Crippen LogP contribution is 2.36. The van der Waals surface area contributed by atoms with E-state index in [0.29, 0.717) is 5.91 Å². The summed E-state index contributed by atoms with van der Waals surface area (Å²) in [6.07, 6.45) is 11.9. The molecule has 3 fully saturated rings. The lowest BCUT2D eigenvalue weighted by Gasteiger charge is -2.43. The summed E-state index contributed by atoms with van der Waals surface area (Å²) in [7, 11) is 0. The number of carboxylic acid groups (broad SMARTS) is 1. The molecule has 144 valence electrons. The number of hydrogen-bond donors (Lipinski definition) is 2. The van der Waals surface area contributed by atoms with Gasteiger partial charge in [0.2, 0.25) is 5.91 Å². The first-order chi connectivity index (χ1) is 12.2. The molecule has 0 spiro atoms. The minimum atomic E-state index is -0.250. The Morgan fingerprint density at radius 1 is 1.20 bits per heavy atom. The van der Waals surface area contributed by atoms with E-state index in [2.05, 4.69) is 10.2 Å². The fourth-order valence-corrected chi connectivity index (χ4v) is 4.54. The quantitative estimate of drug-likeness (QED) is 0.566. The topological polar surface area (TPSA) is 78.9 Å². The number of hydrogen-bond acceptors (Lipinski definition) is 4. The highest BCUT2D eigenvalue weighted by Gasteiger charge is 2.45. The third kappa shape index (κ3) is 5.68. The highest BCUT2D eigenvalue weighted by atomic mass is 16.5. The van der Waals surface area contributed by atoms with Crippen LogP contribution < -0.4 is 5.32 Å². The summed E-state index contributed by atoms with van der Waals surface area (Å²) in [5.74, 6) is 1.04. The molecule has 0 aromatic carbocycles. The fourth-order valence-electron chi connectivity index (χ4n) is 4.54. The summed E-state index contributed by atoms with van der Waals surface area (Å²) in [4.78, 5) is 23.8. The van der Waals surface area contributed by atoms with Gasteiger partial charge in [0.05, 0.1) is 0 Å². The summed E-state index contributed by atoms with van der Waals surface area (Å²) < 4.78 is 5.42. The van der Waals surface area contributed by atoms with Crippen molar-refractivity contribution in [1.82, 2.24) is 10.2 Å². The van der Waals surface area contributed by atoms with Gasteiger partial charge in [-0.2, -0.15) is 0 Å². The number of rotatable bonds is 6. The molecule has 1 saturated carbocycles. The van der Waals surface area contributed by atoms with E-state index in [1.807, 2.05) is 0 Å². The molecule has 1 amide bonds. The Hall–Kier alpha value is -1.14. The van der Waals surface area contributed by atoms with E-state index in [4.69, 9.17) is 14.6 Å². The molecule has 3 rings (SSSR count). The zero-order chi connectivity index (χ0) is 18.0. The summed E-state index contributed by atoms with van der Waals surface area (Å²) in [6, 6.07) is 0. The maximum Gasteiger partial charge on any atom is 0.290 e. The van der Waals surface area contributed by atoms with Crippen LogP contribution in [0.15, 0.2) is 0 Å². The second-order valence-corrected chi connectivity index (χ2v) is 7.52. The van der Waals surface area contributed by atoms with Crippen LogP contribution in [-0.2, 0) is 14.3 Å². The molecule has 1 aliphatic carbocycles. The van der Waals surface area contributed by atoms with Crippen molar-refractivity contribution in [3.05, 3.63) is 0 Å². The number of ether oxygens (including phenoxy) is 1. The van der Waals surface area contributed by atoms with Crippen LogP contribution in [0.3, 0.4) is 0 Å². The molecule has 0 radical (unpaired) electrons. The van der Waals surface area contributed by atoms with Gasteiger partial charge in [-0.25, -0.2) is 0 Å². The molecule has 0 aromatic rings. The van der Waals surface area contributed by atoms with Crippen molar-refractivity contribution in [2.45, 2.75) is 69.7 Å². The van der Waals surface area contributed by atoms with Crippen LogP contribution in [0.1, 0.15) is 64.2 Å². The first-order valence-corrected chi connectivity index (χ1v) is 9.92. The van der Waals surface area contributed by atoms with Gasteiger partial charge in [0.15, 0.2) is 0 Å². The van der Waals surface area contributed by atoms with E-state index in [-0.39, 0.29) is 12.0 Å². The van der Waals surface area contributed by atoms with Gasteiger partial charge in [0.25, 0.3) is 6.47 Å². The van der Waals surface area contributed by atoms with Crippen LogP contribution in [0.2, 0.25) is 0 Å². The van der Waals surface area contributed by atoms with Crippen LogP contribution in [0.25, 0.3) is 0 Å². The Morgan fingerprint density at radius 3 is 2.48 bits per heavy atom. The smallest absolute Gasteiger partial charge is 0.290 e. The average Bonchev–Trinajstić information content (AvgIpc) is 3.33. The Kier molecular flexibility index (Phi) is 8.68. The maximum atomic E-state index is 12.9. The Balaban J connectivity index is 0.000000701. The Labute approximate surface area is 151 Å². The molecule has 6 nitrogen and oxygen atoms in total. The minimum Gasteiger partial charge on any atom is -0.483 e. The molecule has 2 heterocycles. The molecule has 6 heteroatoms. The van der Waals surface area contributed by atoms with E-state index in [1.54, 1.807) is 0 Å². The van der Waals surface area contributed by atoms with E-state index >= 15 is 0 Å². The number of nitrogens with zero attached hydrogens (tertiary/aromatic N) is 1. The molecular weight excluding hydrogens is 320 g/mol. The van der Waals surface area contributed by atoms with Crippen molar-refractivity contribution in [2.75, 3.05) is 32.8 Å². The van der Waals surface area contributed by atoms with Gasteiger partial charge in [-0.1, -0.05) is 19.3 Å². The first kappa shape index (κ1) is 20.2. The van der Waals surface area contributed by atoms with Crippen molar-refractivity contribution in [2.24, 2.45) is 5.92 Å². The molecule has 3 aliphatic rings. The normalized spacial score (nSPS) is 25.8. The van der Waals surface area contributed by atoms with Crippen LogP contribution in [0, 0.1) is 5.92 Å². The van der Waals surface area contributed by atoms with Gasteiger partial charge in [-0.05, 0) is 64.0 Å². The van der Waals surface area contributed by atoms with Crippen LogP contribution in [0.4, 0.5) is 0 Å². The first-order valence-electron chi connectivity index (χ1n) is 9.92. The molecule has 2 saturated heterocycles. The van der Waals surface area contributed by atoms with E-state index in [9.17, 15) is 4.79 Å². The van der Waals surface area contributed by atoms with Crippen molar-refractivity contribution < 1.29 is 19.4 Å². The lowest BCUT2D eigenvalue weighted by Crippen LogP contribution is -2.59. The number of likely N-dealkylation sites (tertiary alicyclic amines) is 1. The molecule has 0 bridgehead atoms. The van der Waals surface area contributed by atoms with Gasteiger partial charge in [0, 0.05) is 19.8 Å². The van der Waals surface area contributed by atoms with E-state index in [0.717, 1.165) is 58.0 Å². The Morgan fingerprint density at radius 2 is 1.88 bits per heavy atom. The fraction of sp³-hybridized carbons (Fsp3) is 0.895. The van der Waals surface area contributed by atoms with Crippen LogP contribution in [-0.4, -0.2) is 60.8 Å². The molecule has 1 atom stereocenters. The lowest BCUT2D eigenvalue weighted by molar-refractivity contribution is -0.135. The molecule has 2 aliphatic heterocycles. The summed E-state index contributed by atoms with van der Waals surface area (Å²) in [5, 5.41) is 10.2. The van der Waals surface area contributed by atoms with Gasteiger partial charge < -0.3 is 15.2 Å². The summed E-state index contributed by atoms with van der Waals surface area (Å²) >= 11 is 0. The van der Waals surface area contributed by atoms with Crippen molar-refractivity contribution in [3.63, 3.8) is 0 Å². The SMILES string of the molecule is O=C(NCCCC1CCOC1)C1(N2CCCC2)CCCCC1.O=CO. The molecule has 0 aromatic heterocycles. The van der Waals surface area contributed by atoms with Crippen LogP contribution >= 0.6 is 0 Å². The second-order valence-electron chi connectivity index (χ2n) is 7.52. The number of carbonyl (C=O) groups excluding carboxylic acids is 1. The van der Waals surface area contributed by atoms with E-state index in [1.165, 1.54) is 44.9 Å². The van der Waals surface area contributed by atoms with Crippen molar-refractivity contribution in [1.29, 1.82) is 0 Å². The van der Waals surface area contributed by atoms with Crippen molar-refractivity contribution >= 4 is 12.4 Å². The highest BCUT2D eigenvalue weighted by molar-refractivity contribution is 5.86. The van der Waals surface area contributed by atoms with Gasteiger partial charge in [-0.3, -0.25) is 14.5 Å². The molecular formula is C19H34N2O4. The molecule has 2 N–H and O–H groups in total.